The van der Waals surface area contributed by atoms with Gasteiger partial charge >= 0.3 is 0 Å². The van der Waals surface area contributed by atoms with Crippen LogP contribution in [0.3, 0.4) is 0 Å². The number of aromatic nitrogens is 4. The molecule has 0 aliphatic heterocycles. The van der Waals surface area contributed by atoms with E-state index in [1.54, 1.807) is 13.3 Å². The summed E-state index contributed by atoms with van der Waals surface area (Å²) in [5.41, 5.74) is 0.769. The molecular formula is C20H23N5O3. The van der Waals surface area contributed by atoms with Crippen LogP contribution in [-0.2, 0) is 13.6 Å². The molecule has 0 spiro atoms. The molecule has 0 aliphatic carbocycles. The van der Waals surface area contributed by atoms with Crippen molar-refractivity contribution < 1.29 is 9.53 Å². The van der Waals surface area contributed by atoms with Crippen LogP contribution in [0.15, 0.2) is 53.6 Å². The summed E-state index contributed by atoms with van der Waals surface area (Å²) in [7, 11) is 3.45. The lowest BCUT2D eigenvalue weighted by atomic mass is 10.1. The van der Waals surface area contributed by atoms with Crippen LogP contribution >= 0.6 is 0 Å². The third kappa shape index (κ3) is 4.11. The highest BCUT2D eigenvalue weighted by atomic mass is 16.5. The Morgan fingerprint density at radius 3 is 2.79 bits per heavy atom. The third-order valence-corrected chi connectivity index (χ3v) is 4.35. The van der Waals surface area contributed by atoms with Crippen molar-refractivity contribution in [3.05, 3.63) is 76.2 Å². The molecule has 0 aliphatic rings. The van der Waals surface area contributed by atoms with Crippen molar-refractivity contribution in [3.63, 3.8) is 0 Å². The average Bonchev–Trinajstić information content (AvgIpc) is 3.13. The number of nitrogens with zero attached hydrogens (tertiary/aromatic N) is 4. The van der Waals surface area contributed by atoms with Crippen LogP contribution in [0.4, 0.5) is 0 Å². The number of nitrogens with one attached hydrogen (secondary N) is 1. The summed E-state index contributed by atoms with van der Waals surface area (Å²) in [6, 6.07) is 9.73. The van der Waals surface area contributed by atoms with Crippen LogP contribution in [0.1, 0.15) is 41.3 Å². The summed E-state index contributed by atoms with van der Waals surface area (Å²) in [5, 5.41) is 7.16. The van der Waals surface area contributed by atoms with Crippen molar-refractivity contribution in [2.24, 2.45) is 7.05 Å². The number of aryl methyl sites for hydroxylation is 2. The molecule has 3 aromatic rings. The molecule has 0 saturated heterocycles. The Hall–Kier alpha value is -3.42. The maximum absolute atomic E-state index is 12.9. The van der Waals surface area contributed by atoms with Crippen LogP contribution in [0.25, 0.3) is 0 Å². The van der Waals surface area contributed by atoms with Crippen molar-refractivity contribution >= 4 is 5.91 Å². The normalized spacial score (nSPS) is 11.8. The first-order chi connectivity index (χ1) is 13.5. The molecule has 1 atom stereocenters. The molecule has 0 fully saturated rings. The lowest BCUT2D eigenvalue weighted by molar-refractivity contribution is 0.0933. The molecule has 8 nitrogen and oxygen atoms in total. The number of carbonyl (C=O) groups is 1. The van der Waals surface area contributed by atoms with Crippen LogP contribution in [-0.4, -0.2) is 32.3 Å². The molecule has 0 radical (unpaired) electrons. The molecule has 2 aromatic heterocycles. The van der Waals surface area contributed by atoms with Crippen molar-refractivity contribution in [2.75, 3.05) is 7.11 Å². The number of hydrogen-bond donors (Lipinski definition) is 1. The average molecular weight is 381 g/mol. The highest BCUT2D eigenvalue weighted by Gasteiger charge is 2.23. The first-order valence-electron chi connectivity index (χ1n) is 9.03. The second-order valence-corrected chi connectivity index (χ2v) is 6.36. The number of imidazole rings is 1. The molecule has 0 saturated carbocycles. The van der Waals surface area contributed by atoms with Gasteiger partial charge in [-0.2, -0.15) is 5.10 Å². The minimum absolute atomic E-state index is 0.176. The number of ether oxygens (including phenoxy) is 1. The van der Waals surface area contributed by atoms with Gasteiger partial charge in [-0.05, 0) is 30.2 Å². The molecule has 2 heterocycles. The first-order valence-corrected chi connectivity index (χ1v) is 9.03. The number of hydrogen-bond acceptors (Lipinski definition) is 5. The van der Waals surface area contributed by atoms with E-state index in [0.717, 1.165) is 12.0 Å². The predicted octanol–water partition coefficient (Wildman–Crippen LogP) is 1.91. The van der Waals surface area contributed by atoms with E-state index >= 15 is 0 Å². The Balaban J connectivity index is 1.96. The number of benzene rings is 1. The van der Waals surface area contributed by atoms with Gasteiger partial charge < -0.3 is 14.6 Å². The summed E-state index contributed by atoms with van der Waals surface area (Å²) in [6.07, 6.45) is 4.24. The molecule has 1 aromatic carbocycles. The molecule has 28 heavy (non-hydrogen) atoms. The molecule has 3 rings (SSSR count). The van der Waals surface area contributed by atoms with Gasteiger partial charge in [0.05, 0.1) is 7.11 Å². The number of rotatable bonds is 7. The second-order valence-electron chi connectivity index (χ2n) is 6.36. The van der Waals surface area contributed by atoms with Gasteiger partial charge in [0.25, 0.3) is 11.5 Å². The zero-order valence-electron chi connectivity index (χ0n) is 16.1. The van der Waals surface area contributed by atoms with Crippen molar-refractivity contribution in [1.29, 1.82) is 0 Å². The summed E-state index contributed by atoms with van der Waals surface area (Å²) in [5.74, 6) is 0.963. The summed E-state index contributed by atoms with van der Waals surface area (Å²) >= 11 is 0. The standard InChI is InChI=1S/C20H23N5O3/c1-4-11-25-17(26)9-8-16(23-25)20(27)22-18(19-21-10-12-24(19)2)14-6-5-7-15(13-14)28-3/h5-10,12-13,18H,4,11H2,1-3H3,(H,22,27). The summed E-state index contributed by atoms with van der Waals surface area (Å²) in [4.78, 5) is 29.2. The Kier molecular flexibility index (Phi) is 5.88. The van der Waals surface area contributed by atoms with Crippen molar-refractivity contribution in [3.8, 4) is 5.75 Å². The van der Waals surface area contributed by atoms with E-state index in [0.29, 0.717) is 18.1 Å². The number of methoxy groups -OCH3 is 1. The van der Waals surface area contributed by atoms with E-state index in [1.165, 1.54) is 16.8 Å². The van der Waals surface area contributed by atoms with Gasteiger partial charge in [0.15, 0.2) is 0 Å². The molecule has 8 heteroatoms. The van der Waals surface area contributed by atoms with Crippen molar-refractivity contribution in [2.45, 2.75) is 25.9 Å². The van der Waals surface area contributed by atoms with Gasteiger partial charge in [-0.3, -0.25) is 9.59 Å². The third-order valence-electron chi connectivity index (χ3n) is 4.35. The maximum Gasteiger partial charge on any atom is 0.272 e. The predicted molar refractivity (Wildman–Crippen MR) is 104 cm³/mol. The zero-order chi connectivity index (χ0) is 20.1. The largest absolute Gasteiger partial charge is 0.497 e. The lowest BCUT2D eigenvalue weighted by Crippen LogP contribution is -2.33. The molecule has 0 bridgehead atoms. The summed E-state index contributed by atoms with van der Waals surface area (Å²) < 4.78 is 8.45. The van der Waals surface area contributed by atoms with E-state index in [1.807, 2.05) is 49.0 Å². The Labute approximate surface area is 162 Å². The Bertz CT molecular complexity index is 1020. The van der Waals surface area contributed by atoms with Crippen LogP contribution in [0, 0.1) is 0 Å². The fraction of sp³-hybridized carbons (Fsp3) is 0.300. The van der Waals surface area contributed by atoms with Gasteiger partial charge in [-0.1, -0.05) is 19.1 Å². The second kappa shape index (κ2) is 8.51. The van der Waals surface area contributed by atoms with Gasteiger partial charge in [0, 0.05) is 32.1 Å². The van der Waals surface area contributed by atoms with Crippen LogP contribution in [0.2, 0.25) is 0 Å². The molecule has 146 valence electrons. The van der Waals surface area contributed by atoms with E-state index in [-0.39, 0.29) is 17.2 Å². The van der Waals surface area contributed by atoms with Gasteiger partial charge in [0.2, 0.25) is 0 Å². The Morgan fingerprint density at radius 2 is 2.11 bits per heavy atom. The van der Waals surface area contributed by atoms with Crippen molar-refractivity contribution in [1.82, 2.24) is 24.6 Å². The summed E-state index contributed by atoms with van der Waals surface area (Å²) in [6.45, 7) is 2.40. The maximum atomic E-state index is 12.9. The first kappa shape index (κ1) is 19.3. The van der Waals surface area contributed by atoms with E-state index < -0.39 is 6.04 Å². The highest BCUT2D eigenvalue weighted by molar-refractivity contribution is 5.92. The van der Waals surface area contributed by atoms with Crippen LogP contribution < -0.4 is 15.6 Å². The number of amides is 1. The fourth-order valence-electron chi connectivity index (χ4n) is 2.92. The minimum Gasteiger partial charge on any atom is -0.497 e. The SMILES string of the molecule is CCCn1nc(C(=O)NC(c2cccc(OC)c2)c2nccn2C)ccc1=O. The van der Waals surface area contributed by atoms with Gasteiger partial charge in [-0.15, -0.1) is 0 Å². The lowest BCUT2D eigenvalue weighted by Gasteiger charge is -2.19. The Morgan fingerprint density at radius 1 is 1.29 bits per heavy atom. The molecule has 1 amide bonds. The zero-order valence-corrected chi connectivity index (χ0v) is 16.1. The van der Waals surface area contributed by atoms with Crippen LogP contribution in [0.5, 0.6) is 5.75 Å². The monoisotopic (exact) mass is 381 g/mol. The molecule has 1 N–H and O–H groups in total. The van der Waals surface area contributed by atoms with E-state index in [9.17, 15) is 9.59 Å². The molecule has 1 unspecified atom stereocenters. The topological polar surface area (TPSA) is 91.0 Å². The highest BCUT2D eigenvalue weighted by Crippen LogP contribution is 2.24. The van der Waals surface area contributed by atoms with Gasteiger partial charge in [-0.25, -0.2) is 9.67 Å². The quantitative estimate of drug-likeness (QED) is 0.675. The fourth-order valence-corrected chi connectivity index (χ4v) is 2.92. The molecular weight excluding hydrogens is 358 g/mol. The van der Waals surface area contributed by atoms with E-state index in [2.05, 4.69) is 15.4 Å². The van der Waals surface area contributed by atoms with E-state index in [4.69, 9.17) is 4.74 Å². The smallest absolute Gasteiger partial charge is 0.272 e. The minimum atomic E-state index is -0.504. The van der Waals surface area contributed by atoms with Gasteiger partial charge in [0.1, 0.15) is 23.3 Å². The number of carbonyl (C=O) groups excluding carboxylic acids is 1.